The molecule has 0 saturated heterocycles. The molecule has 0 spiro atoms. The van der Waals surface area contributed by atoms with Gasteiger partial charge in [-0.25, -0.2) is 0 Å². The molecule has 3 aromatic heterocycles. The smallest absolute Gasteiger partial charge is 0.205 e. The largest absolute Gasteiger partial charge is 0.356 e. The van der Waals surface area contributed by atoms with E-state index in [4.69, 9.17) is 0 Å². The van der Waals surface area contributed by atoms with E-state index < -0.39 is 0 Å². The monoisotopic (exact) mass is 455 g/mol. The third-order valence-electron chi connectivity index (χ3n) is 4.05. The lowest BCUT2D eigenvalue weighted by Crippen LogP contribution is -2.00. The van der Waals surface area contributed by atoms with Crippen molar-refractivity contribution in [2.75, 3.05) is 16.4 Å². The van der Waals surface area contributed by atoms with Gasteiger partial charge in [-0.1, -0.05) is 59.1 Å². The minimum absolute atomic E-state index is 0.655. The van der Waals surface area contributed by atoms with Crippen molar-refractivity contribution in [3.05, 3.63) is 76.0 Å². The summed E-state index contributed by atoms with van der Waals surface area (Å²) in [5.74, 6) is 1.83. The first kappa shape index (κ1) is 20.7. The number of anilines is 2. The summed E-state index contributed by atoms with van der Waals surface area (Å²) in [6.07, 6.45) is 2.69. The van der Waals surface area contributed by atoms with Gasteiger partial charge in [0.05, 0.1) is 12.2 Å². The fraction of sp³-hybridized carbons (Fsp3) is 0.250. The van der Waals surface area contributed by atoms with E-state index >= 15 is 0 Å². The molecule has 0 aliphatic rings. The van der Waals surface area contributed by atoms with Crippen LogP contribution in [0.25, 0.3) is 0 Å². The van der Waals surface area contributed by atoms with Gasteiger partial charge < -0.3 is 10.6 Å². The maximum Gasteiger partial charge on any atom is 0.205 e. The Bertz CT molecular complexity index is 937. The number of pyridine rings is 1. The molecule has 154 valence electrons. The molecule has 0 aliphatic heterocycles. The summed E-state index contributed by atoms with van der Waals surface area (Å²) in [7, 11) is 0. The predicted octanol–water partition coefficient (Wildman–Crippen LogP) is 4.48. The van der Waals surface area contributed by atoms with Gasteiger partial charge in [-0.3, -0.25) is 4.98 Å². The van der Waals surface area contributed by atoms with Gasteiger partial charge in [-0.15, -0.1) is 20.4 Å². The van der Waals surface area contributed by atoms with Gasteiger partial charge in [0.25, 0.3) is 0 Å². The number of nitrogens with one attached hydrogen (secondary N) is 2. The zero-order chi connectivity index (χ0) is 20.4. The van der Waals surface area contributed by atoms with Gasteiger partial charge in [-0.2, -0.15) is 11.8 Å². The molecule has 7 nitrogen and oxygen atoms in total. The maximum absolute atomic E-state index is 4.29. The first-order valence-electron chi connectivity index (χ1n) is 9.49. The molecule has 1 aromatic carbocycles. The number of rotatable bonds is 11. The van der Waals surface area contributed by atoms with Gasteiger partial charge in [0, 0.05) is 30.7 Å². The molecule has 0 amide bonds. The normalized spacial score (nSPS) is 10.8. The molecule has 4 rings (SSSR count). The number of hydrogen-bond acceptors (Lipinski definition) is 10. The van der Waals surface area contributed by atoms with Crippen molar-refractivity contribution >= 4 is 44.7 Å². The predicted molar refractivity (Wildman–Crippen MR) is 125 cm³/mol. The van der Waals surface area contributed by atoms with Crippen LogP contribution in [-0.2, 0) is 25.3 Å². The van der Waals surface area contributed by atoms with E-state index in [0.717, 1.165) is 50.4 Å². The second kappa shape index (κ2) is 11.0. The molecule has 0 atom stereocenters. The average Bonchev–Trinajstić information content (AvgIpc) is 3.45. The fourth-order valence-corrected chi connectivity index (χ4v) is 5.17. The third-order valence-corrected chi connectivity index (χ3v) is 7.03. The lowest BCUT2D eigenvalue weighted by atomic mass is 10.2. The highest BCUT2D eigenvalue weighted by molar-refractivity contribution is 7.98. The average molecular weight is 456 g/mol. The Labute approximate surface area is 187 Å². The van der Waals surface area contributed by atoms with Crippen LogP contribution >= 0.6 is 34.4 Å². The van der Waals surface area contributed by atoms with Crippen LogP contribution in [-0.4, -0.2) is 31.1 Å². The molecule has 10 heteroatoms. The quantitative estimate of drug-likeness (QED) is 0.320. The Morgan fingerprint density at radius 1 is 0.767 bits per heavy atom. The van der Waals surface area contributed by atoms with E-state index in [1.807, 2.05) is 48.2 Å². The standard InChI is InChI=1S/C20H21N7S3/c1-2-6-15(7-3-1)12-22-19-27-25-18(30-19)14-28-11-9-17-24-26-20(29-17)23-13-16-8-4-5-10-21-16/h1-8,10H,9,11-14H2,(H,22,27)(H,23,26). The Morgan fingerprint density at radius 2 is 1.50 bits per heavy atom. The van der Waals surface area contributed by atoms with Gasteiger partial charge in [-0.05, 0) is 17.7 Å². The molecule has 0 aliphatic carbocycles. The lowest BCUT2D eigenvalue weighted by molar-refractivity contribution is 0.970. The van der Waals surface area contributed by atoms with Crippen LogP contribution in [0.2, 0.25) is 0 Å². The van der Waals surface area contributed by atoms with Crippen LogP contribution in [0.1, 0.15) is 21.3 Å². The number of thioether (sulfide) groups is 1. The van der Waals surface area contributed by atoms with Crippen LogP contribution in [0, 0.1) is 0 Å². The van der Waals surface area contributed by atoms with Crippen molar-refractivity contribution in [3.8, 4) is 0 Å². The van der Waals surface area contributed by atoms with E-state index in [9.17, 15) is 0 Å². The lowest BCUT2D eigenvalue weighted by Gasteiger charge is -2.01. The van der Waals surface area contributed by atoms with Crippen molar-refractivity contribution in [3.63, 3.8) is 0 Å². The van der Waals surface area contributed by atoms with Crippen molar-refractivity contribution in [1.29, 1.82) is 0 Å². The first-order valence-corrected chi connectivity index (χ1v) is 12.3. The van der Waals surface area contributed by atoms with E-state index in [1.165, 1.54) is 5.56 Å². The number of nitrogens with zero attached hydrogens (tertiary/aromatic N) is 5. The minimum Gasteiger partial charge on any atom is -0.356 e. The van der Waals surface area contributed by atoms with Crippen molar-refractivity contribution in [1.82, 2.24) is 25.4 Å². The minimum atomic E-state index is 0.655. The van der Waals surface area contributed by atoms with Crippen LogP contribution in [0.15, 0.2) is 54.7 Å². The van der Waals surface area contributed by atoms with E-state index in [2.05, 4.69) is 48.1 Å². The van der Waals surface area contributed by atoms with Crippen molar-refractivity contribution in [2.24, 2.45) is 0 Å². The molecule has 2 N–H and O–H groups in total. The van der Waals surface area contributed by atoms with Crippen molar-refractivity contribution in [2.45, 2.75) is 25.3 Å². The SMILES string of the molecule is c1ccc(CNc2nnc(CSCCc3nnc(NCc4ccccn4)s3)s2)cc1. The Hall–Kier alpha value is -2.56. The summed E-state index contributed by atoms with van der Waals surface area (Å²) < 4.78 is 0. The topological polar surface area (TPSA) is 88.5 Å². The molecular formula is C20H21N7S3. The number of aryl methyl sites for hydroxylation is 1. The zero-order valence-electron chi connectivity index (χ0n) is 16.2. The van der Waals surface area contributed by atoms with Gasteiger partial charge >= 0.3 is 0 Å². The molecule has 3 heterocycles. The van der Waals surface area contributed by atoms with E-state index in [-0.39, 0.29) is 0 Å². The molecule has 0 radical (unpaired) electrons. The molecule has 30 heavy (non-hydrogen) atoms. The van der Waals surface area contributed by atoms with Gasteiger partial charge in [0.15, 0.2) is 0 Å². The summed E-state index contributed by atoms with van der Waals surface area (Å²) >= 11 is 5.05. The van der Waals surface area contributed by atoms with E-state index in [1.54, 1.807) is 28.9 Å². The number of benzene rings is 1. The molecule has 0 unspecified atom stereocenters. The Morgan fingerprint density at radius 3 is 2.30 bits per heavy atom. The number of hydrogen-bond donors (Lipinski definition) is 2. The van der Waals surface area contributed by atoms with Crippen LogP contribution in [0.3, 0.4) is 0 Å². The highest BCUT2D eigenvalue weighted by atomic mass is 32.2. The summed E-state index contributed by atoms with van der Waals surface area (Å²) in [5, 5.41) is 27.3. The summed E-state index contributed by atoms with van der Waals surface area (Å²) in [4.78, 5) is 4.29. The second-order valence-corrected chi connectivity index (χ2v) is 9.55. The molecule has 4 aromatic rings. The maximum atomic E-state index is 4.29. The van der Waals surface area contributed by atoms with Crippen molar-refractivity contribution < 1.29 is 0 Å². The van der Waals surface area contributed by atoms with Gasteiger partial charge in [0.2, 0.25) is 10.3 Å². The molecular weight excluding hydrogens is 434 g/mol. The number of aromatic nitrogens is 5. The molecule has 0 saturated carbocycles. The zero-order valence-corrected chi connectivity index (χ0v) is 18.6. The summed E-state index contributed by atoms with van der Waals surface area (Å²) in [6, 6.07) is 16.2. The van der Waals surface area contributed by atoms with E-state index in [0.29, 0.717) is 6.54 Å². The van der Waals surface area contributed by atoms with Crippen LogP contribution in [0.4, 0.5) is 10.3 Å². The summed E-state index contributed by atoms with van der Waals surface area (Å²) in [6.45, 7) is 1.41. The highest BCUT2D eigenvalue weighted by Gasteiger charge is 2.07. The highest BCUT2D eigenvalue weighted by Crippen LogP contribution is 2.22. The Balaban J connectivity index is 1.14. The molecule has 0 fully saturated rings. The first-order chi connectivity index (χ1) is 14.8. The fourth-order valence-electron chi connectivity index (χ4n) is 2.57. The second-order valence-electron chi connectivity index (χ2n) is 6.32. The molecule has 0 bridgehead atoms. The van der Waals surface area contributed by atoms with Crippen LogP contribution in [0.5, 0.6) is 0 Å². The van der Waals surface area contributed by atoms with Crippen LogP contribution < -0.4 is 10.6 Å². The third kappa shape index (κ3) is 6.48. The Kier molecular flexibility index (Phi) is 7.59. The van der Waals surface area contributed by atoms with Gasteiger partial charge in [0.1, 0.15) is 10.0 Å². The summed E-state index contributed by atoms with van der Waals surface area (Å²) in [5.41, 5.74) is 2.22.